The molecule has 0 saturated carbocycles. The Labute approximate surface area is 154 Å². The van der Waals surface area contributed by atoms with Crippen LogP contribution in [0.3, 0.4) is 0 Å². The summed E-state index contributed by atoms with van der Waals surface area (Å²) in [5.41, 5.74) is 3.06. The predicted octanol–water partition coefficient (Wildman–Crippen LogP) is 2.53. The first-order chi connectivity index (χ1) is 13.3. The third-order valence-electron chi connectivity index (χ3n) is 4.84. The van der Waals surface area contributed by atoms with Gasteiger partial charge < -0.3 is 9.40 Å². The van der Waals surface area contributed by atoms with Crippen molar-refractivity contribution in [3.05, 3.63) is 76.4 Å². The summed E-state index contributed by atoms with van der Waals surface area (Å²) >= 11 is 0. The number of aromatic nitrogens is 4. The van der Waals surface area contributed by atoms with Crippen molar-refractivity contribution in [3.8, 4) is 11.4 Å². The second-order valence-electron chi connectivity index (χ2n) is 6.68. The Morgan fingerprint density at radius 1 is 1.19 bits per heavy atom. The van der Waals surface area contributed by atoms with E-state index < -0.39 is 0 Å². The monoisotopic (exact) mass is 359 g/mol. The zero-order chi connectivity index (χ0) is 18.2. The molecule has 5 rings (SSSR count). The lowest BCUT2D eigenvalue weighted by molar-refractivity contribution is 0.224. The van der Waals surface area contributed by atoms with Crippen LogP contribution in [0.25, 0.3) is 22.4 Å². The second kappa shape index (κ2) is 6.44. The lowest BCUT2D eigenvalue weighted by Crippen LogP contribution is -2.35. The van der Waals surface area contributed by atoms with Crippen molar-refractivity contribution in [2.45, 2.75) is 19.5 Å². The van der Waals surface area contributed by atoms with Gasteiger partial charge in [-0.05, 0) is 12.1 Å². The van der Waals surface area contributed by atoms with Gasteiger partial charge in [0.25, 0.3) is 5.56 Å². The summed E-state index contributed by atoms with van der Waals surface area (Å²) in [6.45, 7) is 2.05. The standard InChI is InChI=1S/C20H17N5O2/c26-20-16-11-25(10-15-7-13-3-1-2-4-18(13)27-15)6-5-17(16)23-19(24-20)14-8-21-12-22-9-14/h1-4,7-9,12H,5-6,10-11H2,(H,23,24,26). The van der Waals surface area contributed by atoms with Gasteiger partial charge in [0.05, 0.1) is 23.4 Å². The first kappa shape index (κ1) is 15.9. The van der Waals surface area contributed by atoms with E-state index in [1.807, 2.05) is 24.3 Å². The predicted molar refractivity (Wildman–Crippen MR) is 99.9 cm³/mol. The van der Waals surface area contributed by atoms with Gasteiger partial charge in [0, 0.05) is 37.3 Å². The number of para-hydroxylation sites is 1. The Hall–Kier alpha value is -3.32. The zero-order valence-corrected chi connectivity index (χ0v) is 14.6. The Morgan fingerprint density at radius 2 is 2.04 bits per heavy atom. The Kier molecular flexibility index (Phi) is 3.79. The first-order valence-electron chi connectivity index (χ1n) is 8.83. The smallest absolute Gasteiger partial charge is 0.255 e. The van der Waals surface area contributed by atoms with Crippen molar-refractivity contribution < 1.29 is 4.42 Å². The summed E-state index contributed by atoms with van der Waals surface area (Å²) < 4.78 is 5.91. The van der Waals surface area contributed by atoms with Crippen molar-refractivity contribution in [2.24, 2.45) is 0 Å². The number of nitrogens with one attached hydrogen (secondary N) is 1. The average Bonchev–Trinajstić information content (AvgIpc) is 3.11. The minimum Gasteiger partial charge on any atom is -0.460 e. The van der Waals surface area contributed by atoms with Crippen molar-refractivity contribution in [1.82, 2.24) is 24.8 Å². The summed E-state index contributed by atoms with van der Waals surface area (Å²) in [6, 6.07) is 10.0. The molecule has 0 fully saturated rings. The number of H-pyrrole nitrogens is 1. The molecule has 0 atom stereocenters. The lowest BCUT2D eigenvalue weighted by Gasteiger charge is -2.26. The van der Waals surface area contributed by atoms with Gasteiger partial charge >= 0.3 is 0 Å². The highest BCUT2D eigenvalue weighted by Gasteiger charge is 2.22. The molecule has 27 heavy (non-hydrogen) atoms. The van der Waals surface area contributed by atoms with Crippen LogP contribution in [0.5, 0.6) is 0 Å². The van der Waals surface area contributed by atoms with E-state index in [4.69, 9.17) is 4.42 Å². The van der Waals surface area contributed by atoms with Crippen LogP contribution in [-0.4, -0.2) is 31.4 Å². The van der Waals surface area contributed by atoms with Crippen LogP contribution >= 0.6 is 0 Å². The normalized spacial score (nSPS) is 14.4. The van der Waals surface area contributed by atoms with Gasteiger partial charge in [-0.1, -0.05) is 18.2 Å². The maximum atomic E-state index is 12.6. The quantitative estimate of drug-likeness (QED) is 0.605. The van der Waals surface area contributed by atoms with Crippen molar-refractivity contribution >= 4 is 11.0 Å². The molecular formula is C20H17N5O2. The van der Waals surface area contributed by atoms with Gasteiger partial charge in [-0.3, -0.25) is 9.69 Å². The first-order valence-corrected chi connectivity index (χ1v) is 8.83. The van der Waals surface area contributed by atoms with E-state index in [1.54, 1.807) is 12.4 Å². The summed E-state index contributed by atoms with van der Waals surface area (Å²) in [6.07, 6.45) is 5.47. The molecule has 1 aromatic carbocycles. The topological polar surface area (TPSA) is 87.9 Å². The SMILES string of the molecule is O=c1[nH]c(-c2cncnc2)nc2c1CN(Cc1cc3ccccc3o1)CC2. The van der Waals surface area contributed by atoms with Gasteiger partial charge in [-0.25, -0.2) is 15.0 Å². The van der Waals surface area contributed by atoms with Crippen LogP contribution in [-0.2, 0) is 19.5 Å². The molecule has 0 bridgehead atoms. The largest absolute Gasteiger partial charge is 0.460 e. The highest BCUT2D eigenvalue weighted by Crippen LogP contribution is 2.23. The molecule has 134 valence electrons. The minimum atomic E-state index is -0.104. The molecule has 0 amide bonds. The summed E-state index contributed by atoms with van der Waals surface area (Å²) in [5, 5.41) is 1.10. The number of hydrogen-bond acceptors (Lipinski definition) is 6. The van der Waals surface area contributed by atoms with Gasteiger partial charge in [0.15, 0.2) is 0 Å². The third-order valence-corrected chi connectivity index (χ3v) is 4.84. The Bertz CT molecular complexity index is 1130. The van der Waals surface area contributed by atoms with Crippen LogP contribution in [0.2, 0.25) is 0 Å². The molecule has 0 radical (unpaired) electrons. The fourth-order valence-electron chi connectivity index (χ4n) is 3.51. The minimum absolute atomic E-state index is 0.104. The molecule has 1 aliphatic rings. The molecule has 0 saturated heterocycles. The molecule has 3 aromatic heterocycles. The number of benzene rings is 1. The van der Waals surface area contributed by atoms with E-state index in [1.165, 1.54) is 6.33 Å². The highest BCUT2D eigenvalue weighted by molar-refractivity contribution is 5.77. The summed E-state index contributed by atoms with van der Waals surface area (Å²) in [5.74, 6) is 1.42. The molecule has 0 unspecified atom stereocenters. The number of nitrogens with zero attached hydrogens (tertiary/aromatic N) is 4. The summed E-state index contributed by atoms with van der Waals surface area (Å²) in [7, 11) is 0. The fraction of sp³-hybridized carbons (Fsp3) is 0.200. The van der Waals surface area contributed by atoms with Crippen molar-refractivity contribution in [1.29, 1.82) is 0 Å². The van der Waals surface area contributed by atoms with Crippen LogP contribution in [0.4, 0.5) is 0 Å². The lowest BCUT2D eigenvalue weighted by atomic mass is 10.1. The molecule has 1 aliphatic heterocycles. The second-order valence-corrected chi connectivity index (χ2v) is 6.68. The van der Waals surface area contributed by atoms with E-state index in [0.717, 1.165) is 41.0 Å². The molecule has 0 spiro atoms. The third kappa shape index (κ3) is 3.02. The molecule has 4 aromatic rings. The van der Waals surface area contributed by atoms with Crippen LogP contribution in [0.1, 0.15) is 17.0 Å². The van der Waals surface area contributed by atoms with Gasteiger partial charge in [0.2, 0.25) is 0 Å². The molecule has 1 N–H and O–H groups in total. The van der Waals surface area contributed by atoms with E-state index in [9.17, 15) is 4.79 Å². The Morgan fingerprint density at radius 3 is 2.89 bits per heavy atom. The van der Waals surface area contributed by atoms with Gasteiger partial charge in [0.1, 0.15) is 23.5 Å². The molecule has 0 aliphatic carbocycles. The maximum absolute atomic E-state index is 12.6. The number of rotatable bonds is 3. The highest BCUT2D eigenvalue weighted by atomic mass is 16.3. The molecule has 4 heterocycles. The van der Waals surface area contributed by atoms with Gasteiger partial charge in [-0.2, -0.15) is 0 Å². The van der Waals surface area contributed by atoms with E-state index in [0.29, 0.717) is 24.5 Å². The Balaban J connectivity index is 1.40. The van der Waals surface area contributed by atoms with E-state index in [2.05, 4.69) is 30.9 Å². The van der Waals surface area contributed by atoms with E-state index >= 15 is 0 Å². The van der Waals surface area contributed by atoms with Crippen LogP contribution in [0, 0.1) is 0 Å². The van der Waals surface area contributed by atoms with Crippen LogP contribution < -0.4 is 5.56 Å². The molecule has 7 nitrogen and oxygen atoms in total. The van der Waals surface area contributed by atoms with Crippen LogP contribution in [0.15, 0.2) is 58.3 Å². The van der Waals surface area contributed by atoms with Gasteiger partial charge in [-0.15, -0.1) is 0 Å². The molecule has 7 heteroatoms. The van der Waals surface area contributed by atoms with E-state index in [-0.39, 0.29) is 5.56 Å². The van der Waals surface area contributed by atoms with Crippen molar-refractivity contribution in [2.75, 3.05) is 6.54 Å². The number of hydrogen-bond donors (Lipinski definition) is 1. The number of aromatic amines is 1. The zero-order valence-electron chi connectivity index (χ0n) is 14.6. The fourth-order valence-corrected chi connectivity index (χ4v) is 3.51. The van der Waals surface area contributed by atoms with Crippen molar-refractivity contribution in [3.63, 3.8) is 0 Å². The maximum Gasteiger partial charge on any atom is 0.255 e. The number of furan rings is 1. The average molecular weight is 359 g/mol. The number of fused-ring (bicyclic) bond motifs is 2. The molecular weight excluding hydrogens is 342 g/mol. The summed E-state index contributed by atoms with van der Waals surface area (Å²) in [4.78, 5) is 30.3.